The van der Waals surface area contributed by atoms with E-state index in [9.17, 15) is 4.79 Å². The minimum atomic E-state index is -0.0335. The van der Waals surface area contributed by atoms with Crippen molar-refractivity contribution < 1.29 is 0 Å². The Hall–Kier alpha value is -2.48. The number of fused-ring (bicyclic) bond motifs is 1. The molecule has 4 heterocycles. The van der Waals surface area contributed by atoms with E-state index in [0.717, 1.165) is 50.1 Å². The molecule has 186 valence electrons. The molecule has 0 spiro atoms. The molecule has 0 bridgehead atoms. The fraction of sp³-hybridized carbons (Fsp3) is 0.519. The van der Waals surface area contributed by atoms with Crippen LogP contribution in [0.1, 0.15) is 38.7 Å². The van der Waals surface area contributed by atoms with Crippen LogP contribution < -0.4 is 10.5 Å². The highest BCUT2D eigenvalue weighted by Crippen LogP contribution is 2.28. The first kappa shape index (κ1) is 24.2. The molecular formula is C27H35ClN6O. The molecule has 5 rings (SSSR count). The van der Waals surface area contributed by atoms with Crippen LogP contribution in [0.5, 0.6) is 0 Å². The third-order valence-corrected chi connectivity index (χ3v) is 8.04. The smallest absolute Gasteiger partial charge is 0.264 e. The number of hydrogen-bond acceptors (Lipinski definition) is 6. The topological polar surface area (TPSA) is 57.5 Å². The van der Waals surface area contributed by atoms with E-state index in [1.165, 1.54) is 18.4 Å². The van der Waals surface area contributed by atoms with Crippen LogP contribution >= 0.6 is 11.6 Å². The van der Waals surface area contributed by atoms with Gasteiger partial charge in [-0.1, -0.05) is 30.7 Å². The van der Waals surface area contributed by atoms with Gasteiger partial charge in [0, 0.05) is 56.0 Å². The van der Waals surface area contributed by atoms with E-state index in [2.05, 4.69) is 45.7 Å². The van der Waals surface area contributed by atoms with Gasteiger partial charge in [0.25, 0.3) is 5.56 Å². The van der Waals surface area contributed by atoms with Gasteiger partial charge < -0.3 is 4.90 Å². The van der Waals surface area contributed by atoms with Crippen LogP contribution in [0.3, 0.4) is 0 Å². The number of pyridine rings is 1. The lowest BCUT2D eigenvalue weighted by Crippen LogP contribution is -2.62. The van der Waals surface area contributed by atoms with E-state index in [1.807, 2.05) is 19.2 Å². The SMILES string of the molecule is CC[C@H]1CN(c2nc3ncccc3c(=O)n2C)[C@H](C)CN1C1CCN(Cc2ccc(Cl)cc2)CC1. The Balaban J connectivity index is 1.27. The zero-order chi connectivity index (χ0) is 24.5. The highest BCUT2D eigenvalue weighted by atomic mass is 35.5. The van der Waals surface area contributed by atoms with Crippen LogP contribution in [-0.4, -0.2) is 68.6 Å². The quantitative estimate of drug-likeness (QED) is 0.535. The summed E-state index contributed by atoms with van der Waals surface area (Å²) < 4.78 is 1.69. The second-order valence-electron chi connectivity index (χ2n) is 10.0. The molecule has 2 aliphatic rings. The number of benzene rings is 1. The first-order valence-corrected chi connectivity index (χ1v) is 13.1. The lowest BCUT2D eigenvalue weighted by atomic mass is 9.96. The van der Waals surface area contributed by atoms with Crippen LogP contribution in [0.4, 0.5) is 5.95 Å². The molecule has 1 aromatic carbocycles. The molecule has 2 aromatic heterocycles. The number of piperidine rings is 1. The van der Waals surface area contributed by atoms with Crippen molar-refractivity contribution in [2.75, 3.05) is 31.1 Å². The number of halogens is 1. The van der Waals surface area contributed by atoms with Gasteiger partial charge in [-0.2, -0.15) is 4.98 Å². The monoisotopic (exact) mass is 494 g/mol. The number of hydrogen-bond donors (Lipinski definition) is 0. The molecule has 35 heavy (non-hydrogen) atoms. The molecule has 2 atom stereocenters. The average Bonchev–Trinajstić information content (AvgIpc) is 2.88. The normalized spacial score (nSPS) is 22.7. The van der Waals surface area contributed by atoms with Crippen LogP contribution in [0.25, 0.3) is 11.0 Å². The molecular weight excluding hydrogens is 460 g/mol. The molecule has 0 amide bonds. The fourth-order valence-electron chi connectivity index (χ4n) is 5.76. The van der Waals surface area contributed by atoms with Crippen LogP contribution in [0.15, 0.2) is 47.4 Å². The van der Waals surface area contributed by atoms with E-state index >= 15 is 0 Å². The summed E-state index contributed by atoms with van der Waals surface area (Å²) in [6.45, 7) is 9.60. The lowest BCUT2D eigenvalue weighted by Gasteiger charge is -2.50. The van der Waals surface area contributed by atoms with E-state index in [-0.39, 0.29) is 11.6 Å². The van der Waals surface area contributed by atoms with E-state index in [0.29, 0.717) is 23.1 Å². The van der Waals surface area contributed by atoms with Crippen molar-refractivity contribution in [3.8, 4) is 0 Å². The number of piperazine rings is 1. The van der Waals surface area contributed by atoms with Crippen molar-refractivity contribution in [1.29, 1.82) is 0 Å². The van der Waals surface area contributed by atoms with Crippen molar-refractivity contribution in [3.05, 3.63) is 63.5 Å². The zero-order valence-corrected chi connectivity index (χ0v) is 21.7. The molecule has 8 heteroatoms. The van der Waals surface area contributed by atoms with E-state index in [1.54, 1.807) is 22.9 Å². The molecule has 0 N–H and O–H groups in total. The molecule has 7 nitrogen and oxygen atoms in total. The number of likely N-dealkylation sites (tertiary alicyclic amines) is 1. The summed E-state index contributed by atoms with van der Waals surface area (Å²) in [5.41, 5.74) is 1.82. The van der Waals surface area contributed by atoms with Gasteiger partial charge in [-0.15, -0.1) is 0 Å². The van der Waals surface area contributed by atoms with Gasteiger partial charge in [0.1, 0.15) is 0 Å². The second-order valence-corrected chi connectivity index (χ2v) is 10.5. The number of anilines is 1. The highest BCUT2D eigenvalue weighted by Gasteiger charge is 2.37. The summed E-state index contributed by atoms with van der Waals surface area (Å²) in [7, 11) is 1.83. The molecule has 2 saturated heterocycles. The Morgan fingerprint density at radius 1 is 1.09 bits per heavy atom. The average molecular weight is 495 g/mol. The van der Waals surface area contributed by atoms with Gasteiger partial charge in [0.15, 0.2) is 5.65 Å². The largest absolute Gasteiger partial charge is 0.337 e. The van der Waals surface area contributed by atoms with Crippen LogP contribution in [-0.2, 0) is 13.6 Å². The molecule has 2 fully saturated rings. The summed E-state index contributed by atoms with van der Waals surface area (Å²) in [6, 6.07) is 13.1. The van der Waals surface area contributed by atoms with Crippen molar-refractivity contribution in [3.63, 3.8) is 0 Å². The van der Waals surface area contributed by atoms with Gasteiger partial charge in [-0.05, 0) is 69.1 Å². The zero-order valence-electron chi connectivity index (χ0n) is 20.9. The van der Waals surface area contributed by atoms with Gasteiger partial charge in [0.05, 0.1) is 5.39 Å². The fourth-order valence-corrected chi connectivity index (χ4v) is 5.89. The molecule has 0 radical (unpaired) electrons. The Bertz CT molecular complexity index is 1220. The Kier molecular flexibility index (Phi) is 7.09. The van der Waals surface area contributed by atoms with Gasteiger partial charge in [-0.25, -0.2) is 4.98 Å². The van der Waals surface area contributed by atoms with Crippen molar-refractivity contribution >= 4 is 28.6 Å². The van der Waals surface area contributed by atoms with Crippen molar-refractivity contribution in [2.24, 2.45) is 7.05 Å². The minimum Gasteiger partial charge on any atom is -0.337 e. The first-order valence-electron chi connectivity index (χ1n) is 12.8. The predicted octanol–water partition coefficient (Wildman–Crippen LogP) is 3.94. The number of nitrogens with zero attached hydrogens (tertiary/aromatic N) is 6. The third kappa shape index (κ3) is 4.95. The minimum absolute atomic E-state index is 0.0335. The third-order valence-electron chi connectivity index (χ3n) is 7.78. The molecule has 0 saturated carbocycles. The molecule has 0 aliphatic carbocycles. The Morgan fingerprint density at radius 3 is 2.54 bits per heavy atom. The number of aromatic nitrogens is 3. The lowest BCUT2D eigenvalue weighted by molar-refractivity contribution is 0.0502. The maximum Gasteiger partial charge on any atom is 0.264 e. The van der Waals surface area contributed by atoms with E-state index < -0.39 is 0 Å². The van der Waals surface area contributed by atoms with E-state index in [4.69, 9.17) is 16.6 Å². The van der Waals surface area contributed by atoms with Crippen LogP contribution in [0, 0.1) is 0 Å². The number of rotatable bonds is 5. The Morgan fingerprint density at radius 2 is 1.83 bits per heavy atom. The summed E-state index contributed by atoms with van der Waals surface area (Å²) in [4.78, 5) is 29.8. The standard InChI is InChI=1S/C27H35ClN6O/c1-4-22-18-33(27-30-25-24(6-5-13-29-25)26(35)31(27)3)19(2)16-34(22)23-11-14-32(15-12-23)17-20-7-9-21(28)10-8-20/h5-10,13,19,22-23H,4,11-12,14-18H2,1-3H3/t19-,22+/m1/s1. The molecule has 0 unspecified atom stereocenters. The summed E-state index contributed by atoms with van der Waals surface area (Å²) in [5.74, 6) is 0.726. The van der Waals surface area contributed by atoms with Gasteiger partial charge in [-0.3, -0.25) is 19.2 Å². The molecule has 3 aromatic rings. The highest BCUT2D eigenvalue weighted by molar-refractivity contribution is 6.30. The second kappa shape index (κ2) is 10.2. The first-order chi connectivity index (χ1) is 16.9. The summed E-state index contributed by atoms with van der Waals surface area (Å²) in [6.07, 6.45) is 5.16. The van der Waals surface area contributed by atoms with Crippen molar-refractivity contribution in [1.82, 2.24) is 24.3 Å². The predicted molar refractivity (Wildman–Crippen MR) is 142 cm³/mol. The summed E-state index contributed by atoms with van der Waals surface area (Å²) in [5, 5.41) is 1.36. The maximum atomic E-state index is 13.0. The van der Waals surface area contributed by atoms with Gasteiger partial charge >= 0.3 is 0 Å². The maximum absolute atomic E-state index is 13.0. The Labute approximate surface area is 212 Å². The van der Waals surface area contributed by atoms with Crippen LogP contribution in [0.2, 0.25) is 5.02 Å². The summed E-state index contributed by atoms with van der Waals surface area (Å²) >= 11 is 6.04. The van der Waals surface area contributed by atoms with Gasteiger partial charge in [0.2, 0.25) is 5.95 Å². The van der Waals surface area contributed by atoms with Crippen molar-refractivity contribution in [2.45, 2.75) is 57.8 Å². The molecule has 2 aliphatic heterocycles.